The van der Waals surface area contributed by atoms with E-state index in [1.807, 2.05) is 19.3 Å². The Kier molecular flexibility index (Phi) is 1.47. The van der Waals surface area contributed by atoms with E-state index in [9.17, 15) is 0 Å². The Balaban J connectivity index is 2.25. The van der Waals surface area contributed by atoms with Crippen molar-refractivity contribution < 1.29 is 4.74 Å². The predicted molar refractivity (Wildman–Crippen MR) is 42.3 cm³/mol. The van der Waals surface area contributed by atoms with Crippen LogP contribution in [0.3, 0.4) is 0 Å². The molecule has 1 aliphatic rings. The van der Waals surface area contributed by atoms with Crippen molar-refractivity contribution in [3.05, 3.63) is 24.0 Å². The van der Waals surface area contributed by atoms with Crippen LogP contribution in [0.15, 0.2) is 18.3 Å². The van der Waals surface area contributed by atoms with Gasteiger partial charge in [0.25, 0.3) is 0 Å². The van der Waals surface area contributed by atoms with Crippen LogP contribution in [0.1, 0.15) is 5.69 Å². The summed E-state index contributed by atoms with van der Waals surface area (Å²) in [6.07, 6.45) is 1.94. The second-order valence-electron chi connectivity index (χ2n) is 2.91. The number of likely N-dealkylation sites (N-methyl/N-ethyl adjacent to an activating group) is 1. The Morgan fingerprint density at radius 3 is 2.82 bits per heavy atom. The number of ether oxygens (including phenoxy) is 1. The first-order valence-corrected chi connectivity index (χ1v) is 3.78. The first-order chi connectivity index (χ1) is 5.37. The predicted octanol–water partition coefficient (Wildman–Crippen LogP) is 0.460. The molecule has 3 nitrogen and oxygen atoms in total. The minimum Gasteiger partial charge on any atom is -0.377 e. The summed E-state index contributed by atoms with van der Waals surface area (Å²) in [6, 6.07) is 4.09. The lowest BCUT2D eigenvalue weighted by Gasteiger charge is -2.40. The second-order valence-corrected chi connectivity index (χ2v) is 2.91. The Hall–Kier alpha value is -0.800. The van der Waals surface area contributed by atoms with Gasteiger partial charge < -0.3 is 15.0 Å². The van der Waals surface area contributed by atoms with Gasteiger partial charge in [0.2, 0.25) is 0 Å². The molecule has 0 aromatic carbocycles. The molecule has 0 bridgehead atoms. The van der Waals surface area contributed by atoms with Crippen molar-refractivity contribution >= 4 is 0 Å². The molecular weight excluding hydrogens is 140 g/mol. The minimum atomic E-state index is 0.0590. The number of H-pyrrole nitrogens is 1. The first kappa shape index (κ1) is 6.88. The van der Waals surface area contributed by atoms with Gasteiger partial charge in [-0.25, -0.2) is 0 Å². The van der Waals surface area contributed by atoms with Crippen LogP contribution in [0.4, 0.5) is 0 Å². The van der Waals surface area contributed by atoms with Gasteiger partial charge in [-0.1, -0.05) is 0 Å². The monoisotopic (exact) mass is 152 g/mol. The molecule has 3 heteroatoms. The van der Waals surface area contributed by atoms with E-state index in [0.717, 1.165) is 13.2 Å². The van der Waals surface area contributed by atoms with Crippen LogP contribution < -0.4 is 5.32 Å². The molecule has 11 heavy (non-hydrogen) atoms. The van der Waals surface area contributed by atoms with Gasteiger partial charge in [0, 0.05) is 11.9 Å². The van der Waals surface area contributed by atoms with Crippen molar-refractivity contribution in [2.75, 3.05) is 20.3 Å². The zero-order valence-corrected chi connectivity index (χ0v) is 6.55. The highest BCUT2D eigenvalue weighted by Gasteiger charge is 2.39. The third-order valence-corrected chi connectivity index (χ3v) is 2.29. The summed E-state index contributed by atoms with van der Waals surface area (Å²) in [5, 5.41) is 3.26. The van der Waals surface area contributed by atoms with Gasteiger partial charge >= 0.3 is 0 Å². The number of aromatic amines is 1. The molecule has 0 radical (unpaired) electrons. The normalized spacial score (nSPS) is 21.2. The van der Waals surface area contributed by atoms with Crippen molar-refractivity contribution in [1.29, 1.82) is 0 Å². The largest absolute Gasteiger partial charge is 0.377 e. The molecule has 0 amide bonds. The van der Waals surface area contributed by atoms with E-state index in [-0.39, 0.29) is 5.54 Å². The van der Waals surface area contributed by atoms with Gasteiger partial charge in [-0.05, 0) is 19.2 Å². The van der Waals surface area contributed by atoms with Gasteiger partial charge in [-0.2, -0.15) is 0 Å². The molecule has 0 unspecified atom stereocenters. The lowest BCUT2D eigenvalue weighted by atomic mass is 9.94. The number of hydrogen-bond acceptors (Lipinski definition) is 2. The maximum Gasteiger partial charge on any atom is 0.106 e. The number of hydrogen-bond donors (Lipinski definition) is 2. The van der Waals surface area contributed by atoms with Crippen LogP contribution in [0, 0.1) is 0 Å². The van der Waals surface area contributed by atoms with Crippen LogP contribution in [-0.4, -0.2) is 25.2 Å². The van der Waals surface area contributed by atoms with Crippen molar-refractivity contribution in [3.63, 3.8) is 0 Å². The fraction of sp³-hybridized carbons (Fsp3) is 0.500. The SMILES string of the molecule is CNC1(c2ccc[nH]2)COC1. The average molecular weight is 152 g/mol. The van der Waals surface area contributed by atoms with Crippen LogP contribution in [-0.2, 0) is 10.3 Å². The molecule has 0 atom stereocenters. The maximum atomic E-state index is 5.17. The number of aromatic nitrogens is 1. The molecule has 0 aliphatic carbocycles. The Morgan fingerprint density at radius 2 is 2.45 bits per heavy atom. The summed E-state index contributed by atoms with van der Waals surface area (Å²) in [7, 11) is 1.96. The van der Waals surface area contributed by atoms with Gasteiger partial charge in [0.05, 0.1) is 13.2 Å². The lowest BCUT2D eigenvalue weighted by molar-refractivity contribution is -0.0767. The Bertz CT molecular complexity index is 221. The summed E-state index contributed by atoms with van der Waals surface area (Å²) in [5.74, 6) is 0. The molecule has 60 valence electrons. The molecular formula is C8H12N2O. The molecule has 1 aromatic rings. The molecule has 2 heterocycles. The summed E-state index contributed by atoms with van der Waals surface area (Å²) >= 11 is 0. The fourth-order valence-electron chi connectivity index (χ4n) is 1.37. The van der Waals surface area contributed by atoms with E-state index in [1.165, 1.54) is 5.69 Å². The fourth-order valence-corrected chi connectivity index (χ4v) is 1.37. The van der Waals surface area contributed by atoms with Crippen LogP contribution in [0.5, 0.6) is 0 Å². The molecule has 0 saturated carbocycles. The lowest BCUT2D eigenvalue weighted by Crippen LogP contribution is -2.56. The summed E-state index contributed by atoms with van der Waals surface area (Å²) in [4.78, 5) is 3.19. The van der Waals surface area contributed by atoms with Gasteiger partial charge in [-0.15, -0.1) is 0 Å². The number of nitrogens with one attached hydrogen (secondary N) is 2. The first-order valence-electron chi connectivity index (χ1n) is 3.78. The van der Waals surface area contributed by atoms with Crippen molar-refractivity contribution in [1.82, 2.24) is 10.3 Å². The quantitative estimate of drug-likeness (QED) is 0.646. The Labute approximate surface area is 65.8 Å². The standard InChI is InChI=1S/C8H12N2O/c1-9-8(5-11-6-8)7-3-2-4-10-7/h2-4,9-10H,5-6H2,1H3. The summed E-state index contributed by atoms with van der Waals surface area (Å²) in [5.41, 5.74) is 1.27. The highest BCUT2D eigenvalue weighted by atomic mass is 16.5. The zero-order valence-electron chi connectivity index (χ0n) is 6.55. The second kappa shape index (κ2) is 2.36. The van der Waals surface area contributed by atoms with Gasteiger partial charge in [0.1, 0.15) is 5.54 Å². The van der Waals surface area contributed by atoms with Crippen molar-refractivity contribution in [3.8, 4) is 0 Å². The van der Waals surface area contributed by atoms with Crippen LogP contribution >= 0.6 is 0 Å². The van der Waals surface area contributed by atoms with E-state index in [4.69, 9.17) is 4.74 Å². The third kappa shape index (κ3) is 0.886. The average Bonchev–Trinajstić information content (AvgIpc) is 2.39. The van der Waals surface area contributed by atoms with E-state index < -0.39 is 0 Å². The van der Waals surface area contributed by atoms with E-state index in [1.54, 1.807) is 0 Å². The number of rotatable bonds is 2. The topological polar surface area (TPSA) is 37.0 Å². The zero-order chi connectivity index (χ0) is 7.73. The highest BCUT2D eigenvalue weighted by molar-refractivity contribution is 5.19. The summed E-state index contributed by atoms with van der Waals surface area (Å²) in [6.45, 7) is 1.54. The molecule has 1 aromatic heterocycles. The van der Waals surface area contributed by atoms with Crippen molar-refractivity contribution in [2.24, 2.45) is 0 Å². The van der Waals surface area contributed by atoms with Crippen molar-refractivity contribution in [2.45, 2.75) is 5.54 Å². The molecule has 1 saturated heterocycles. The maximum absolute atomic E-state index is 5.17. The molecule has 0 spiro atoms. The molecule has 1 fully saturated rings. The smallest absolute Gasteiger partial charge is 0.106 e. The van der Waals surface area contributed by atoms with Crippen LogP contribution in [0.25, 0.3) is 0 Å². The molecule has 1 aliphatic heterocycles. The van der Waals surface area contributed by atoms with E-state index >= 15 is 0 Å². The van der Waals surface area contributed by atoms with Gasteiger partial charge in [0.15, 0.2) is 0 Å². The molecule has 2 N–H and O–H groups in total. The van der Waals surface area contributed by atoms with E-state index in [2.05, 4.69) is 16.4 Å². The summed E-state index contributed by atoms with van der Waals surface area (Å²) < 4.78 is 5.17. The van der Waals surface area contributed by atoms with Gasteiger partial charge in [-0.3, -0.25) is 0 Å². The minimum absolute atomic E-state index is 0.0590. The van der Waals surface area contributed by atoms with E-state index in [0.29, 0.717) is 0 Å². The highest BCUT2D eigenvalue weighted by Crippen LogP contribution is 2.27. The third-order valence-electron chi connectivity index (χ3n) is 2.29. The van der Waals surface area contributed by atoms with Crippen LogP contribution in [0.2, 0.25) is 0 Å². The molecule has 2 rings (SSSR count). The Morgan fingerprint density at radius 1 is 1.64 bits per heavy atom.